The molecule has 0 aromatic carbocycles. The number of pyridine rings is 1. The fourth-order valence-corrected chi connectivity index (χ4v) is 1.46. The number of rotatable bonds is 5. The van der Waals surface area contributed by atoms with Crippen LogP contribution < -0.4 is 11.1 Å². The van der Waals surface area contributed by atoms with Crippen molar-refractivity contribution in [3.8, 4) is 0 Å². The van der Waals surface area contributed by atoms with Gasteiger partial charge < -0.3 is 15.8 Å². The molecule has 0 saturated carbocycles. The molecule has 0 spiro atoms. The molecule has 0 saturated heterocycles. The summed E-state index contributed by atoms with van der Waals surface area (Å²) in [5, 5.41) is 3.55. The molecule has 0 aliphatic heterocycles. The van der Waals surface area contributed by atoms with Gasteiger partial charge >= 0.3 is 5.97 Å². The number of nitrogen functional groups attached to an aromatic ring is 1. The Morgan fingerprint density at radius 1 is 1.71 bits per heavy atom. The minimum Gasteiger partial charge on any atom is -0.465 e. The third kappa shape index (κ3) is 3.81. The number of esters is 1. The summed E-state index contributed by atoms with van der Waals surface area (Å²) in [4.78, 5) is 15.6. The number of aromatic nitrogens is 1. The van der Waals surface area contributed by atoms with Crippen molar-refractivity contribution >= 4 is 29.2 Å². The number of nitrogens with two attached hydrogens (primary N) is 1. The van der Waals surface area contributed by atoms with E-state index in [0.717, 1.165) is 6.54 Å². The summed E-state index contributed by atoms with van der Waals surface area (Å²) in [6, 6.07) is 1.56. The first-order chi connectivity index (χ1) is 8.08. The van der Waals surface area contributed by atoms with E-state index in [4.69, 9.17) is 5.73 Å². The van der Waals surface area contributed by atoms with Crippen molar-refractivity contribution < 1.29 is 9.53 Å². The van der Waals surface area contributed by atoms with Crippen molar-refractivity contribution in [2.75, 3.05) is 31.0 Å². The van der Waals surface area contributed by atoms with E-state index >= 15 is 0 Å². The maximum Gasteiger partial charge on any atom is 0.341 e. The molecule has 0 aliphatic rings. The third-order valence-corrected chi connectivity index (χ3v) is 3.24. The van der Waals surface area contributed by atoms with Crippen LogP contribution >= 0.6 is 11.8 Å². The molecule has 1 rings (SSSR count). The van der Waals surface area contributed by atoms with Gasteiger partial charge in [-0.1, -0.05) is 6.92 Å². The second kappa shape index (κ2) is 6.34. The van der Waals surface area contributed by atoms with Crippen molar-refractivity contribution in [1.82, 2.24) is 4.98 Å². The van der Waals surface area contributed by atoms with Gasteiger partial charge in [0, 0.05) is 11.8 Å². The summed E-state index contributed by atoms with van der Waals surface area (Å²) in [5.41, 5.74) is 6.40. The number of anilines is 2. The lowest BCUT2D eigenvalue weighted by molar-refractivity contribution is 0.0601. The van der Waals surface area contributed by atoms with E-state index in [0.29, 0.717) is 22.3 Å². The molecule has 5 nitrogen and oxygen atoms in total. The minimum absolute atomic E-state index is 0.362. The van der Waals surface area contributed by atoms with Gasteiger partial charge in [0.2, 0.25) is 0 Å². The van der Waals surface area contributed by atoms with E-state index in [1.54, 1.807) is 17.8 Å². The lowest BCUT2D eigenvalue weighted by atomic mass is 10.2. The highest BCUT2D eigenvalue weighted by molar-refractivity contribution is 7.99. The Balaban J connectivity index is 2.86. The summed E-state index contributed by atoms with van der Waals surface area (Å²) < 4.78 is 4.69. The number of nitrogens with zero attached hydrogens (tertiary/aromatic N) is 1. The van der Waals surface area contributed by atoms with Crippen molar-refractivity contribution in [2.45, 2.75) is 12.2 Å². The SMILES string of the molecule is COC(=O)c1cc(N)cnc1NCC(C)SC. The summed E-state index contributed by atoms with van der Waals surface area (Å²) in [5.74, 6) is 0.0658. The van der Waals surface area contributed by atoms with Gasteiger partial charge in [-0.15, -0.1) is 0 Å². The first-order valence-corrected chi connectivity index (χ1v) is 6.47. The van der Waals surface area contributed by atoms with Crippen molar-refractivity contribution in [3.05, 3.63) is 17.8 Å². The molecular formula is C11H17N3O2S. The fourth-order valence-electron chi connectivity index (χ4n) is 1.21. The molecule has 17 heavy (non-hydrogen) atoms. The van der Waals surface area contributed by atoms with Gasteiger partial charge in [-0.2, -0.15) is 11.8 Å². The van der Waals surface area contributed by atoms with E-state index in [1.165, 1.54) is 13.3 Å². The number of thioether (sulfide) groups is 1. The Bertz CT molecular complexity index is 398. The maximum atomic E-state index is 11.5. The average Bonchev–Trinajstić information content (AvgIpc) is 2.35. The third-order valence-electron chi connectivity index (χ3n) is 2.27. The first-order valence-electron chi connectivity index (χ1n) is 5.19. The molecule has 0 fully saturated rings. The van der Waals surface area contributed by atoms with Gasteiger partial charge in [0.25, 0.3) is 0 Å². The standard InChI is InChI=1S/C11H17N3O2S/c1-7(17-3)5-13-10-9(11(15)16-2)4-8(12)6-14-10/h4,6-7H,5,12H2,1-3H3,(H,13,14). The number of methoxy groups -OCH3 is 1. The van der Waals surface area contributed by atoms with Crippen LogP contribution in [0.4, 0.5) is 11.5 Å². The molecule has 1 atom stereocenters. The zero-order valence-electron chi connectivity index (χ0n) is 10.2. The quantitative estimate of drug-likeness (QED) is 0.778. The molecule has 1 aromatic heterocycles. The van der Waals surface area contributed by atoms with Gasteiger partial charge in [-0.3, -0.25) is 0 Å². The van der Waals surface area contributed by atoms with Crippen molar-refractivity contribution in [1.29, 1.82) is 0 Å². The van der Waals surface area contributed by atoms with Crippen molar-refractivity contribution in [2.24, 2.45) is 0 Å². The smallest absolute Gasteiger partial charge is 0.341 e. The minimum atomic E-state index is -0.441. The summed E-state index contributed by atoms with van der Waals surface area (Å²) in [7, 11) is 1.33. The molecule has 94 valence electrons. The second-order valence-electron chi connectivity index (χ2n) is 3.58. The predicted octanol–water partition coefficient (Wildman–Crippen LogP) is 1.61. The zero-order valence-corrected chi connectivity index (χ0v) is 11.0. The highest BCUT2D eigenvalue weighted by atomic mass is 32.2. The topological polar surface area (TPSA) is 77.2 Å². The second-order valence-corrected chi connectivity index (χ2v) is 4.86. The molecule has 1 aromatic rings. The number of carbonyl (C=O) groups is 1. The fraction of sp³-hybridized carbons (Fsp3) is 0.455. The zero-order chi connectivity index (χ0) is 12.8. The molecule has 1 unspecified atom stereocenters. The molecule has 0 amide bonds. The molecule has 3 N–H and O–H groups in total. The van der Waals surface area contributed by atoms with E-state index < -0.39 is 5.97 Å². The molecule has 6 heteroatoms. The van der Waals surface area contributed by atoms with Gasteiger partial charge in [0.15, 0.2) is 0 Å². The van der Waals surface area contributed by atoms with Crippen LogP contribution in [0.5, 0.6) is 0 Å². The molecule has 0 aliphatic carbocycles. The Kier molecular flexibility index (Phi) is 5.09. The van der Waals surface area contributed by atoms with Crippen LogP contribution in [-0.2, 0) is 4.74 Å². The average molecular weight is 255 g/mol. The largest absolute Gasteiger partial charge is 0.465 e. The van der Waals surface area contributed by atoms with Gasteiger partial charge in [0.05, 0.1) is 19.0 Å². The Hall–Kier alpha value is -1.43. The first kappa shape index (κ1) is 13.6. The molecule has 0 bridgehead atoms. The molecular weight excluding hydrogens is 238 g/mol. The monoisotopic (exact) mass is 255 g/mol. The Labute approximate surface area is 105 Å². The lowest BCUT2D eigenvalue weighted by Gasteiger charge is -2.13. The van der Waals surface area contributed by atoms with Crippen LogP contribution in [0.3, 0.4) is 0 Å². The number of nitrogens with one attached hydrogen (secondary N) is 1. The number of hydrogen-bond donors (Lipinski definition) is 2. The van der Waals surface area contributed by atoms with Crippen LogP contribution in [0.1, 0.15) is 17.3 Å². The number of hydrogen-bond acceptors (Lipinski definition) is 6. The number of ether oxygens (including phenoxy) is 1. The highest BCUT2D eigenvalue weighted by Crippen LogP contribution is 2.17. The highest BCUT2D eigenvalue weighted by Gasteiger charge is 2.14. The van der Waals surface area contributed by atoms with E-state index in [9.17, 15) is 4.79 Å². The van der Waals surface area contributed by atoms with Crippen LogP contribution in [-0.4, -0.2) is 36.1 Å². The van der Waals surface area contributed by atoms with E-state index in [2.05, 4.69) is 22.0 Å². The number of carbonyl (C=O) groups excluding carboxylic acids is 1. The lowest BCUT2D eigenvalue weighted by Crippen LogP contribution is -2.17. The Morgan fingerprint density at radius 3 is 3.00 bits per heavy atom. The van der Waals surface area contributed by atoms with Crippen molar-refractivity contribution in [3.63, 3.8) is 0 Å². The van der Waals surface area contributed by atoms with E-state index in [-0.39, 0.29) is 0 Å². The summed E-state index contributed by atoms with van der Waals surface area (Å²) in [6.45, 7) is 2.81. The Morgan fingerprint density at radius 2 is 2.41 bits per heavy atom. The van der Waals surface area contributed by atoms with Crippen LogP contribution in [0.15, 0.2) is 12.3 Å². The van der Waals surface area contributed by atoms with Gasteiger partial charge in [-0.25, -0.2) is 9.78 Å². The molecule has 1 heterocycles. The summed E-state index contributed by atoms with van der Waals surface area (Å²) in [6.07, 6.45) is 3.54. The van der Waals surface area contributed by atoms with Crippen LogP contribution in [0, 0.1) is 0 Å². The van der Waals surface area contributed by atoms with E-state index in [1.807, 2.05) is 6.26 Å². The van der Waals surface area contributed by atoms with Crippen LogP contribution in [0.2, 0.25) is 0 Å². The predicted molar refractivity (Wildman–Crippen MR) is 71.5 cm³/mol. The van der Waals surface area contributed by atoms with Crippen LogP contribution in [0.25, 0.3) is 0 Å². The normalized spacial score (nSPS) is 11.9. The summed E-state index contributed by atoms with van der Waals surface area (Å²) >= 11 is 1.74. The van der Waals surface area contributed by atoms with Gasteiger partial charge in [-0.05, 0) is 12.3 Å². The van der Waals surface area contributed by atoms with Gasteiger partial charge in [0.1, 0.15) is 11.4 Å². The molecule has 0 radical (unpaired) electrons. The maximum absolute atomic E-state index is 11.5.